The van der Waals surface area contributed by atoms with E-state index >= 15 is 0 Å². The molecule has 3 heterocycles. The molecule has 8 heteroatoms. The van der Waals surface area contributed by atoms with E-state index in [0.29, 0.717) is 24.5 Å². The largest absolute Gasteiger partial charge is 0.471 e. The number of carbonyl (C=O) groups is 1. The molecule has 0 aromatic carbocycles. The maximum atomic E-state index is 12.6. The zero-order valence-electron chi connectivity index (χ0n) is 14.4. The fourth-order valence-corrected chi connectivity index (χ4v) is 2.82. The van der Waals surface area contributed by atoms with Crippen LogP contribution in [0.1, 0.15) is 28.2 Å². The first-order chi connectivity index (χ1) is 11.5. The van der Waals surface area contributed by atoms with Crippen LogP contribution in [0.3, 0.4) is 0 Å². The van der Waals surface area contributed by atoms with Gasteiger partial charge in [0, 0.05) is 38.8 Å². The van der Waals surface area contributed by atoms with Crippen LogP contribution < -0.4 is 9.64 Å². The van der Waals surface area contributed by atoms with E-state index < -0.39 is 0 Å². The lowest BCUT2D eigenvalue weighted by Gasteiger charge is -2.17. The third-order valence-electron chi connectivity index (χ3n) is 4.15. The fourth-order valence-electron chi connectivity index (χ4n) is 2.82. The quantitative estimate of drug-likeness (QED) is 0.906. The third kappa shape index (κ3) is 3.17. The molecule has 1 amide bonds. The van der Waals surface area contributed by atoms with E-state index in [1.54, 1.807) is 11.0 Å². The standard InChI is InChI=1S/C16H22N6O2/c1-10-15(11(2)18-17-10)16(23)22-8-7-12(9-22)24-14-6-5-13(19-20-14)21(3)4/h5-6,12H,7-9H2,1-4H3,(H,17,18). The van der Waals surface area contributed by atoms with Crippen LogP contribution in [0, 0.1) is 13.8 Å². The van der Waals surface area contributed by atoms with E-state index in [1.807, 2.05) is 38.9 Å². The molecule has 0 saturated carbocycles. The van der Waals surface area contributed by atoms with Gasteiger partial charge in [0.15, 0.2) is 5.82 Å². The first-order valence-electron chi connectivity index (χ1n) is 7.94. The number of rotatable bonds is 4. The van der Waals surface area contributed by atoms with Crippen molar-refractivity contribution in [1.82, 2.24) is 25.3 Å². The minimum absolute atomic E-state index is 0.00103. The Kier molecular flexibility index (Phi) is 4.37. The molecule has 0 aliphatic carbocycles. The molecule has 2 aromatic heterocycles. The van der Waals surface area contributed by atoms with Gasteiger partial charge in [-0.2, -0.15) is 5.10 Å². The van der Waals surface area contributed by atoms with Crippen LogP contribution in [-0.2, 0) is 0 Å². The second-order valence-electron chi connectivity index (χ2n) is 6.21. The van der Waals surface area contributed by atoms with Gasteiger partial charge in [0.05, 0.1) is 17.8 Å². The van der Waals surface area contributed by atoms with Crippen molar-refractivity contribution >= 4 is 11.7 Å². The summed E-state index contributed by atoms with van der Waals surface area (Å²) in [6.07, 6.45) is 0.708. The number of amides is 1. The van der Waals surface area contributed by atoms with Crippen molar-refractivity contribution in [2.24, 2.45) is 0 Å². The Labute approximate surface area is 140 Å². The monoisotopic (exact) mass is 330 g/mol. The van der Waals surface area contributed by atoms with Crippen LogP contribution in [-0.4, -0.2) is 64.5 Å². The molecule has 0 bridgehead atoms. The summed E-state index contributed by atoms with van der Waals surface area (Å²) in [5, 5.41) is 15.1. The van der Waals surface area contributed by atoms with Gasteiger partial charge in [0.2, 0.25) is 5.88 Å². The number of aryl methyl sites for hydroxylation is 2. The predicted octanol–water partition coefficient (Wildman–Crippen LogP) is 1.18. The molecule has 3 rings (SSSR count). The lowest BCUT2D eigenvalue weighted by Crippen LogP contribution is -2.31. The van der Waals surface area contributed by atoms with Crippen LogP contribution in [0.4, 0.5) is 5.82 Å². The van der Waals surface area contributed by atoms with Gasteiger partial charge in [0.1, 0.15) is 6.10 Å². The van der Waals surface area contributed by atoms with Crippen molar-refractivity contribution in [3.8, 4) is 5.88 Å². The topological polar surface area (TPSA) is 87.2 Å². The van der Waals surface area contributed by atoms with Gasteiger partial charge < -0.3 is 14.5 Å². The highest BCUT2D eigenvalue weighted by Gasteiger charge is 2.30. The van der Waals surface area contributed by atoms with Gasteiger partial charge in [-0.15, -0.1) is 10.2 Å². The van der Waals surface area contributed by atoms with Crippen molar-refractivity contribution < 1.29 is 9.53 Å². The van der Waals surface area contributed by atoms with E-state index in [1.165, 1.54) is 0 Å². The Hall–Kier alpha value is -2.64. The molecule has 8 nitrogen and oxygen atoms in total. The normalized spacial score (nSPS) is 17.2. The van der Waals surface area contributed by atoms with E-state index in [0.717, 1.165) is 23.6 Å². The summed E-state index contributed by atoms with van der Waals surface area (Å²) in [4.78, 5) is 16.3. The zero-order chi connectivity index (χ0) is 17.3. The number of likely N-dealkylation sites (tertiary alicyclic amines) is 1. The molecule has 0 radical (unpaired) electrons. The highest BCUT2D eigenvalue weighted by atomic mass is 16.5. The molecule has 128 valence electrons. The Morgan fingerprint density at radius 2 is 2.12 bits per heavy atom. The number of carbonyl (C=O) groups excluding carboxylic acids is 1. The minimum atomic E-state index is -0.0685. The SMILES string of the molecule is Cc1n[nH]c(C)c1C(=O)N1CCC(Oc2ccc(N(C)C)nn2)C1. The van der Waals surface area contributed by atoms with Crippen LogP contribution in [0.15, 0.2) is 12.1 Å². The lowest BCUT2D eigenvalue weighted by molar-refractivity contribution is 0.0769. The molecular formula is C16H22N6O2. The Bertz CT molecular complexity index is 705. The lowest BCUT2D eigenvalue weighted by atomic mass is 10.2. The van der Waals surface area contributed by atoms with E-state index in [9.17, 15) is 4.79 Å². The number of nitrogens with one attached hydrogen (secondary N) is 1. The molecule has 1 fully saturated rings. The minimum Gasteiger partial charge on any atom is -0.471 e. The second kappa shape index (κ2) is 6.46. The Balaban J connectivity index is 1.62. The van der Waals surface area contributed by atoms with Crippen molar-refractivity contribution in [3.63, 3.8) is 0 Å². The van der Waals surface area contributed by atoms with Gasteiger partial charge in [0.25, 0.3) is 5.91 Å². The van der Waals surface area contributed by atoms with E-state index in [2.05, 4.69) is 20.4 Å². The van der Waals surface area contributed by atoms with Crippen LogP contribution in [0.2, 0.25) is 0 Å². The van der Waals surface area contributed by atoms with E-state index in [-0.39, 0.29) is 12.0 Å². The highest BCUT2D eigenvalue weighted by Crippen LogP contribution is 2.21. The summed E-state index contributed by atoms with van der Waals surface area (Å²) in [5.41, 5.74) is 2.18. The van der Waals surface area contributed by atoms with Gasteiger partial charge in [-0.05, 0) is 19.9 Å². The third-order valence-corrected chi connectivity index (χ3v) is 4.15. The highest BCUT2D eigenvalue weighted by molar-refractivity contribution is 5.96. The first kappa shape index (κ1) is 16.2. The summed E-state index contributed by atoms with van der Waals surface area (Å²) >= 11 is 0. The van der Waals surface area contributed by atoms with Crippen LogP contribution >= 0.6 is 0 Å². The molecule has 1 N–H and O–H groups in total. The summed E-state index contributed by atoms with van der Waals surface area (Å²) in [6.45, 7) is 4.90. The Morgan fingerprint density at radius 1 is 1.33 bits per heavy atom. The summed E-state index contributed by atoms with van der Waals surface area (Å²) in [7, 11) is 3.82. The van der Waals surface area contributed by atoms with Crippen molar-refractivity contribution in [2.45, 2.75) is 26.4 Å². The smallest absolute Gasteiger partial charge is 0.257 e. The van der Waals surface area contributed by atoms with Gasteiger partial charge in [-0.3, -0.25) is 9.89 Å². The van der Waals surface area contributed by atoms with Crippen LogP contribution in [0.5, 0.6) is 5.88 Å². The maximum Gasteiger partial charge on any atom is 0.257 e. The average molecular weight is 330 g/mol. The average Bonchev–Trinajstić information content (AvgIpc) is 3.14. The molecule has 24 heavy (non-hydrogen) atoms. The fraction of sp³-hybridized carbons (Fsp3) is 0.500. The Morgan fingerprint density at radius 3 is 2.71 bits per heavy atom. The number of ether oxygens (including phenoxy) is 1. The second-order valence-corrected chi connectivity index (χ2v) is 6.21. The summed E-state index contributed by atoms with van der Waals surface area (Å²) in [6, 6.07) is 3.66. The number of anilines is 1. The maximum absolute atomic E-state index is 12.6. The first-order valence-corrected chi connectivity index (χ1v) is 7.94. The summed E-state index contributed by atoms with van der Waals surface area (Å²) < 4.78 is 5.86. The summed E-state index contributed by atoms with van der Waals surface area (Å²) in [5.74, 6) is 1.26. The molecule has 1 aliphatic rings. The van der Waals surface area contributed by atoms with Gasteiger partial charge in [-0.25, -0.2) is 0 Å². The molecule has 2 aromatic rings. The zero-order valence-corrected chi connectivity index (χ0v) is 14.4. The van der Waals surface area contributed by atoms with Crippen molar-refractivity contribution in [2.75, 3.05) is 32.1 Å². The number of aromatic amines is 1. The number of hydrogen-bond acceptors (Lipinski definition) is 6. The van der Waals surface area contributed by atoms with Gasteiger partial charge >= 0.3 is 0 Å². The molecule has 1 atom stereocenters. The number of nitrogens with zero attached hydrogens (tertiary/aromatic N) is 5. The number of hydrogen-bond donors (Lipinski definition) is 1. The number of H-pyrrole nitrogens is 1. The van der Waals surface area contributed by atoms with E-state index in [4.69, 9.17) is 4.74 Å². The molecular weight excluding hydrogens is 308 g/mol. The van der Waals surface area contributed by atoms with Crippen LogP contribution in [0.25, 0.3) is 0 Å². The molecule has 1 saturated heterocycles. The van der Waals surface area contributed by atoms with Gasteiger partial charge in [-0.1, -0.05) is 0 Å². The van der Waals surface area contributed by atoms with Crippen molar-refractivity contribution in [1.29, 1.82) is 0 Å². The van der Waals surface area contributed by atoms with Crippen molar-refractivity contribution in [3.05, 3.63) is 29.1 Å². The molecule has 1 aliphatic heterocycles. The molecule has 1 unspecified atom stereocenters. The molecule has 0 spiro atoms. The number of aromatic nitrogens is 4. The predicted molar refractivity (Wildman–Crippen MR) is 89.4 cm³/mol.